The predicted octanol–water partition coefficient (Wildman–Crippen LogP) is 3.04. The minimum atomic E-state index is -0.720. The fraction of sp³-hybridized carbons (Fsp3) is 0.312. The molecule has 1 aromatic carbocycles. The van der Waals surface area contributed by atoms with Crippen molar-refractivity contribution in [2.75, 3.05) is 6.61 Å². The highest BCUT2D eigenvalue weighted by atomic mass is 35.5. The first-order valence-electron chi connectivity index (χ1n) is 7.51. The van der Waals surface area contributed by atoms with E-state index in [4.69, 9.17) is 16.3 Å². The van der Waals surface area contributed by atoms with Crippen molar-refractivity contribution in [1.29, 1.82) is 0 Å². The molecule has 0 aliphatic carbocycles. The second-order valence-electron chi connectivity index (χ2n) is 5.29. The van der Waals surface area contributed by atoms with Gasteiger partial charge in [-0.05, 0) is 37.1 Å². The quantitative estimate of drug-likeness (QED) is 0.830. The number of hydrogen-bond donors (Lipinski definition) is 2. The summed E-state index contributed by atoms with van der Waals surface area (Å²) in [4.78, 5) is 23.6. The Kier molecular flexibility index (Phi) is 5.81. The molecule has 2 amide bonds. The molecule has 2 N–H and O–H groups in total. The van der Waals surface area contributed by atoms with Gasteiger partial charge in [0.25, 0.3) is 5.91 Å². The summed E-state index contributed by atoms with van der Waals surface area (Å²) in [7, 11) is 0. The minimum absolute atomic E-state index is 0.0338. The third-order valence-corrected chi connectivity index (χ3v) is 3.47. The van der Waals surface area contributed by atoms with Gasteiger partial charge in [-0.15, -0.1) is 0 Å². The van der Waals surface area contributed by atoms with Gasteiger partial charge < -0.3 is 4.74 Å². The summed E-state index contributed by atoms with van der Waals surface area (Å²) in [6, 6.07) is 7.15. The Balaban J connectivity index is 2.26. The fourth-order valence-corrected chi connectivity index (χ4v) is 2.34. The molecular weight excluding hydrogens is 332 g/mol. The summed E-state index contributed by atoms with van der Waals surface area (Å²) in [5.74, 6) is -0.432. The summed E-state index contributed by atoms with van der Waals surface area (Å²) < 4.78 is 6.37. The van der Waals surface area contributed by atoms with Crippen LogP contribution in [0.15, 0.2) is 30.5 Å². The van der Waals surface area contributed by atoms with Gasteiger partial charge in [0.2, 0.25) is 0 Å². The lowest BCUT2D eigenvalue weighted by Gasteiger charge is -2.13. The van der Waals surface area contributed by atoms with Crippen molar-refractivity contribution in [2.24, 2.45) is 0 Å². The molecule has 0 bridgehead atoms. The molecule has 0 aliphatic rings. The second kappa shape index (κ2) is 7.83. The van der Waals surface area contributed by atoms with E-state index in [1.807, 2.05) is 26.0 Å². The zero-order valence-electron chi connectivity index (χ0n) is 13.7. The number of hydrogen-bond acceptors (Lipinski definition) is 4. The molecule has 1 heterocycles. The summed E-state index contributed by atoms with van der Waals surface area (Å²) in [6.45, 7) is 5.81. The van der Waals surface area contributed by atoms with Gasteiger partial charge in [-0.3, -0.25) is 10.2 Å². The molecule has 0 fully saturated rings. The van der Waals surface area contributed by atoms with Crippen LogP contribution in [0.1, 0.15) is 42.7 Å². The number of aromatic nitrogens is 2. The number of carbonyl (C=O) groups is 2. The normalized spacial score (nSPS) is 10.5. The maximum absolute atomic E-state index is 12.3. The van der Waals surface area contributed by atoms with E-state index in [9.17, 15) is 9.59 Å². The Morgan fingerprint density at radius 3 is 2.50 bits per heavy atom. The third-order valence-electron chi connectivity index (χ3n) is 3.22. The van der Waals surface area contributed by atoms with Crippen molar-refractivity contribution < 1.29 is 14.3 Å². The van der Waals surface area contributed by atoms with Crippen LogP contribution < -0.4 is 10.9 Å². The highest BCUT2D eigenvalue weighted by Crippen LogP contribution is 2.23. The van der Waals surface area contributed by atoms with Crippen LogP contribution in [-0.4, -0.2) is 28.4 Å². The van der Waals surface area contributed by atoms with Gasteiger partial charge >= 0.3 is 6.09 Å². The maximum atomic E-state index is 12.3. The van der Waals surface area contributed by atoms with Crippen molar-refractivity contribution in [3.63, 3.8) is 0 Å². The Labute approximate surface area is 144 Å². The largest absolute Gasteiger partial charge is 0.449 e. The van der Waals surface area contributed by atoms with E-state index in [-0.39, 0.29) is 12.5 Å². The number of nitrogens with one attached hydrogen (secondary N) is 2. The number of hydrazine groups is 1. The number of amides is 2. The van der Waals surface area contributed by atoms with Crippen molar-refractivity contribution in [2.45, 2.75) is 26.7 Å². The summed E-state index contributed by atoms with van der Waals surface area (Å²) >= 11 is 5.91. The molecule has 0 spiro atoms. The van der Waals surface area contributed by atoms with Crippen LogP contribution in [-0.2, 0) is 4.74 Å². The van der Waals surface area contributed by atoms with Crippen molar-refractivity contribution in [3.8, 4) is 5.69 Å². The molecule has 0 radical (unpaired) electrons. The van der Waals surface area contributed by atoms with Crippen LogP contribution in [0, 0.1) is 0 Å². The van der Waals surface area contributed by atoms with Crippen LogP contribution in [0.3, 0.4) is 0 Å². The van der Waals surface area contributed by atoms with Crippen LogP contribution in [0.4, 0.5) is 4.79 Å². The van der Waals surface area contributed by atoms with E-state index in [0.29, 0.717) is 10.6 Å². The van der Waals surface area contributed by atoms with E-state index >= 15 is 0 Å². The molecule has 1 aromatic heterocycles. The van der Waals surface area contributed by atoms with Gasteiger partial charge in [0.1, 0.15) is 0 Å². The molecule has 128 valence electrons. The number of nitrogens with zero attached hydrogens (tertiary/aromatic N) is 2. The first-order valence-corrected chi connectivity index (χ1v) is 7.88. The minimum Gasteiger partial charge on any atom is -0.449 e. The summed E-state index contributed by atoms with van der Waals surface area (Å²) in [6.07, 6.45) is 0.744. The first kappa shape index (κ1) is 17.8. The zero-order valence-corrected chi connectivity index (χ0v) is 14.4. The van der Waals surface area contributed by atoms with Gasteiger partial charge in [-0.1, -0.05) is 25.4 Å². The van der Waals surface area contributed by atoms with Crippen molar-refractivity contribution in [3.05, 3.63) is 46.7 Å². The molecule has 2 rings (SSSR count). The summed E-state index contributed by atoms with van der Waals surface area (Å²) in [5, 5.41) is 4.91. The van der Waals surface area contributed by atoms with Crippen LogP contribution in [0.25, 0.3) is 5.69 Å². The Morgan fingerprint density at radius 1 is 1.25 bits per heavy atom. The predicted molar refractivity (Wildman–Crippen MR) is 90.3 cm³/mol. The molecule has 2 aromatic rings. The molecule has 0 unspecified atom stereocenters. The first-order chi connectivity index (χ1) is 11.4. The van der Waals surface area contributed by atoms with Crippen molar-refractivity contribution >= 4 is 23.6 Å². The number of benzene rings is 1. The van der Waals surface area contributed by atoms with Crippen LogP contribution >= 0.6 is 11.6 Å². The van der Waals surface area contributed by atoms with Crippen LogP contribution in [0.2, 0.25) is 5.02 Å². The maximum Gasteiger partial charge on any atom is 0.426 e. The monoisotopic (exact) mass is 350 g/mol. The second-order valence-corrected chi connectivity index (χ2v) is 5.72. The van der Waals surface area contributed by atoms with Crippen LogP contribution in [0.5, 0.6) is 0 Å². The van der Waals surface area contributed by atoms with Gasteiger partial charge in [0.05, 0.1) is 29.7 Å². The lowest BCUT2D eigenvalue weighted by molar-refractivity contribution is 0.0911. The molecule has 0 atom stereocenters. The standard InChI is InChI=1S/C16H19ClN4O3/c1-4-24-16(23)20-19-15(22)13-9-18-21(14(13)10(2)3)12-7-5-11(17)6-8-12/h5-10H,4H2,1-3H3,(H,19,22)(H,20,23). The number of carbonyl (C=O) groups excluding carboxylic acids is 2. The Morgan fingerprint density at radius 2 is 1.92 bits per heavy atom. The van der Waals surface area contributed by atoms with E-state index in [1.54, 1.807) is 23.7 Å². The highest BCUT2D eigenvalue weighted by Gasteiger charge is 2.21. The van der Waals surface area contributed by atoms with Crippen molar-refractivity contribution in [1.82, 2.24) is 20.6 Å². The third kappa shape index (κ3) is 4.05. The molecule has 0 saturated carbocycles. The van der Waals surface area contributed by atoms with Gasteiger partial charge in [0, 0.05) is 5.02 Å². The lowest BCUT2D eigenvalue weighted by Crippen LogP contribution is -2.42. The summed E-state index contributed by atoms with van der Waals surface area (Å²) in [5.41, 5.74) is 6.39. The molecule has 24 heavy (non-hydrogen) atoms. The van der Waals surface area contributed by atoms with E-state index in [2.05, 4.69) is 16.0 Å². The Bertz CT molecular complexity index is 725. The van der Waals surface area contributed by atoms with Gasteiger partial charge in [-0.25, -0.2) is 14.9 Å². The number of rotatable bonds is 4. The molecule has 0 saturated heterocycles. The number of halogens is 1. The van der Waals surface area contributed by atoms with Gasteiger partial charge in [-0.2, -0.15) is 5.10 Å². The molecule has 0 aliphatic heterocycles. The molecule has 8 heteroatoms. The van der Waals surface area contributed by atoms with E-state index in [1.165, 1.54) is 6.20 Å². The molecule has 7 nitrogen and oxygen atoms in total. The number of ether oxygens (including phenoxy) is 1. The zero-order chi connectivity index (χ0) is 17.7. The lowest BCUT2D eigenvalue weighted by atomic mass is 10.1. The van der Waals surface area contributed by atoms with E-state index in [0.717, 1.165) is 11.4 Å². The fourth-order valence-electron chi connectivity index (χ4n) is 2.22. The molecular formula is C16H19ClN4O3. The SMILES string of the molecule is CCOC(=O)NNC(=O)c1cnn(-c2ccc(Cl)cc2)c1C(C)C. The van der Waals surface area contributed by atoms with E-state index < -0.39 is 12.0 Å². The smallest absolute Gasteiger partial charge is 0.426 e. The van der Waals surface area contributed by atoms with Gasteiger partial charge in [0.15, 0.2) is 0 Å². The highest BCUT2D eigenvalue weighted by molar-refractivity contribution is 6.30. The topological polar surface area (TPSA) is 85.2 Å². The Hall–Kier alpha value is -2.54. The average Bonchev–Trinajstić information content (AvgIpc) is 2.99. The average molecular weight is 351 g/mol.